The zero-order chi connectivity index (χ0) is 23.3. The van der Waals surface area contributed by atoms with Crippen molar-refractivity contribution in [2.75, 3.05) is 0 Å². The minimum Gasteiger partial charge on any atom is -0.286 e. The highest BCUT2D eigenvalue weighted by atomic mass is 31.2. The summed E-state index contributed by atoms with van der Waals surface area (Å²) in [6.07, 6.45) is 0. The molecule has 0 heterocycles. The van der Waals surface area contributed by atoms with Crippen molar-refractivity contribution in [1.82, 2.24) is 0 Å². The molecule has 1 nitrogen and oxygen atoms in total. The second-order valence-corrected chi connectivity index (χ2v) is 15.9. The summed E-state index contributed by atoms with van der Waals surface area (Å²) in [5, 5.41) is 5.70. The molecule has 3 rings (SSSR count). The third-order valence-electron chi connectivity index (χ3n) is 6.20. The molecule has 0 aromatic heterocycles. The molecule has 0 fully saturated rings. The molecule has 0 saturated carbocycles. The Morgan fingerprint density at radius 2 is 1.03 bits per heavy atom. The van der Waals surface area contributed by atoms with E-state index in [4.69, 9.17) is 4.74 Å². The van der Waals surface area contributed by atoms with Crippen LogP contribution >= 0.6 is 15.0 Å². The molecule has 0 bridgehead atoms. The number of benzene rings is 3. The molecule has 0 aliphatic carbocycles. The lowest BCUT2D eigenvalue weighted by molar-refractivity contribution is 0.536. The average Bonchev–Trinajstić information content (AvgIpc) is 2.78. The van der Waals surface area contributed by atoms with Crippen LogP contribution < -0.4 is 21.2 Å². The van der Waals surface area contributed by atoms with Crippen LogP contribution in [0.5, 0.6) is 0 Å². The topological polar surface area (TPSA) is 12.4 Å². The standard InChI is InChI=1S/C29H39NP2/c1-22(2)25(7)30-32(26-16-10-8-11-17-26,27-18-12-9-13-19-27)29-21-15-14-20-28(29)31(23(3)4)24(5)6/h8-25H,1-7H3/t25-/m1/s1. The van der Waals surface area contributed by atoms with Crippen molar-refractivity contribution in [1.29, 1.82) is 0 Å². The molecular formula is C29H39NP2. The quantitative estimate of drug-likeness (QED) is 0.315. The first kappa shape index (κ1) is 25.0. The van der Waals surface area contributed by atoms with Crippen molar-refractivity contribution in [3.8, 4) is 0 Å². The van der Waals surface area contributed by atoms with Gasteiger partial charge in [0.05, 0.1) is 7.05 Å². The van der Waals surface area contributed by atoms with Crippen molar-refractivity contribution in [2.45, 2.75) is 65.8 Å². The Morgan fingerprint density at radius 1 is 0.594 bits per heavy atom. The van der Waals surface area contributed by atoms with E-state index in [0.29, 0.717) is 17.2 Å². The predicted molar refractivity (Wildman–Crippen MR) is 149 cm³/mol. The highest BCUT2D eigenvalue weighted by molar-refractivity contribution is 7.89. The van der Waals surface area contributed by atoms with E-state index in [1.807, 2.05) is 0 Å². The Balaban J connectivity index is 2.50. The molecule has 0 spiro atoms. The second-order valence-electron chi connectivity index (χ2n) is 9.49. The van der Waals surface area contributed by atoms with E-state index in [-0.39, 0.29) is 14.0 Å². The zero-order valence-electron chi connectivity index (χ0n) is 20.7. The SMILES string of the molecule is CC(C)[C@@H](C)N=P(c1ccccc1)(c1ccccc1)c1ccccc1P(C(C)C)C(C)C. The summed E-state index contributed by atoms with van der Waals surface area (Å²) in [6, 6.07) is 31.7. The van der Waals surface area contributed by atoms with E-state index < -0.39 is 7.05 Å². The lowest BCUT2D eigenvalue weighted by Crippen LogP contribution is -2.36. The smallest absolute Gasteiger partial charge is 0.0557 e. The maximum absolute atomic E-state index is 5.80. The van der Waals surface area contributed by atoms with Crippen molar-refractivity contribution in [3.05, 3.63) is 84.9 Å². The van der Waals surface area contributed by atoms with E-state index >= 15 is 0 Å². The molecule has 3 heteroatoms. The van der Waals surface area contributed by atoms with Gasteiger partial charge in [-0.05, 0) is 29.5 Å². The van der Waals surface area contributed by atoms with Gasteiger partial charge < -0.3 is 0 Å². The third kappa shape index (κ3) is 5.11. The fourth-order valence-corrected chi connectivity index (χ4v) is 12.1. The molecule has 0 amide bonds. The first-order valence-electron chi connectivity index (χ1n) is 11.9. The van der Waals surface area contributed by atoms with Gasteiger partial charge in [-0.25, -0.2) is 0 Å². The number of hydrogen-bond donors (Lipinski definition) is 0. The van der Waals surface area contributed by atoms with Gasteiger partial charge in [0.2, 0.25) is 0 Å². The molecule has 0 saturated heterocycles. The Kier molecular flexibility index (Phi) is 8.55. The highest BCUT2D eigenvalue weighted by Gasteiger charge is 2.33. The van der Waals surface area contributed by atoms with E-state index in [9.17, 15) is 0 Å². The number of hydrogen-bond acceptors (Lipinski definition) is 1. The number of nitrogens with zero attached hydrogens (tertiary/aromatic N) is 1. The molecular weight excluding hydrogens is 424 g/mol. The normalized spacial score (nSPS) is 13.2. The van der Waals surface area contributed by atoms with E-state index in [1.165, 1.54) is 21.2 Å². The van der Waals surface area contributed by atoms with Gasteiger partial charge in [-0.3, -0.25) is 4.74 Å². The third-order valence-corrected chi connectivity index (χ3v) is 13.4. The van der Waals surface area contributed by atoms with Crippen molar-refractivity contribution < 1.29 is 0 Å². The molecule has 3 aromatic carbocycles. The molecule has 0 N–H and O–H groups in total. The van der Waals surface area contributed by atoms with E-state index in [0.717, 1.165) is 0 Å². The second kappa shape index (κ2) is 11.0. The first-order chi connectivity index (χ1) is 15.3. The monoisotopic (exact) mass is 463 g/mol. The fourth-order valence-electron chi connectivity index (χ4n) is 4.43. The Morgan fingerprint density at radius 3 is 1.47 bits per heavy atom. The Labute approximate surface area is 197 Å². The molecule has 1 atom stereocenters. The van der Waals surface area contributed by atoms with Crippen LogP contribution in [-0.4, -0.2) is 17.4 Å². The van der Waals surface area contributed by atoms with Gasteiger partial charge in [-0.2, -0.15) is 0 Å². The lowest BCUT2D eigenvalue weighted by atomic mass is 10.1. The van der Waals surface area contributed by atoms with Crippen LogP contribution in [0.2, 0.25) is 0 Å². The predicted octanol–water partition coefficient (Wildman–Crippen LogP) is 7.13. The van der Waals surface area contributed by atoms with Crippen LogP contribution in [0.25, 0.3) is 0 Å². The first-order valence-corrected chi connectivity index (χ1v) is 15.1. The summed E-state index contributed by atoms with van der Waals surface area (Å²) in [5.41, 5.74) is 1.25. The van der Waals surface area contributed by atoms with Gasteiger partial charge in [0.25, 0.3) is 0 Å². The van der Waals surface area contributed by atoms with Crippen LogP contribution in [0, 0.1) is 5.92 Å². The van der Waals surface area contributed by atoms with Gasteiger partial charge >= 0.3 is 0 Å². The summed E-state index contributed by atoms with van der Waals surface area (Å²) >= 11 is 0. The fraction of sp³-hybridized carbons (Fsp3) is 0.379. The van der Waals surface area contributed by atoms with Crippen LogP contribution in [0.1, 0.15) is 48.5 Å². The number of rotatable bonds is 8. The summed E-state index contributed by atoms with van der Waals surface area (Å²) in [4.78, 5) is 0. The van der Waals surface area contributed by atoms with Crippen molar-refractivity contribution in [2.24, 2.45) is 10.7 Å². The van der Waals surface area contributed by atoms with Crippen molar-refractivity contribution >= 4 is 36.2 Å². The van der Waals surface area contributed by atoms with Crippen LogP contribution in [-0.2, 0) is 0 Å². The molecule has 0 aliphatic rings. The summed E-state index contributed by atoms with van der Waals surface area (Å²) < 4.78 is 5.80. The largest absolute Gasteiger partial charge is 0.286 e. The van der Waals surface area contributed by atoms with Crippen LogP contribution in [0.3, 0.4) is 0 Å². The van der Waals surface area contributed by atoms with Gasteiger partial charge in [0.15, 0.2) is 0 Å². The highest BCUT2D eigenvalue weighted by Crippen LogP contribution is 2.52. The van der Waals surface area contributed by atoms with Crippen molar-refractivity contribution in [3.63, 3.8) is 0 Å². The Bertz CT molecular complexity index is 988. The minimum atomic E-state index is -2.19. The summed E-state index contributed by atoms with van der Waals surface area (Å²) in [6.45, 7) is 16.4. The van der Waals surface area contributed by atoms with Crippen LogP contribution in [0.15, 0.2) is 89.7 Å². The van der Waals surface area contributed by atoms with Gasteiger partial charge in [-0.15, -0.1) is 0 Å². The summed E-state index contributed by atoms with van der Waals surface area (Å²) in [5.74, 6) is 0.491. The van der Waals surface area contributed by atoms with E-state index in [1.54, 1.807) is 0 Å². The molecule has 170 valence electrons. The summed E-state index contributed by atoms with van der Waals surface area (Å²) in [7, 11) is -2.51. The molecule has 0 aliphatic heterocycles. The lowest BCUT2D eigenvalue weighted by Gasteiger charge is -2.35. The minimum absolute atomic E-state index is 0.265. The zero-order valence-corrected chi connectivity index (χ0v) is 22.5. The van der Waals surface area contributed by atoms with Gasteiger partial charge in [-0.1, -0.05) is 134 Å². The van der Waals surface area contributed by atoms with Gasteiger partial charge in [0.1, 0.15) is 0 Å². The maximum Gasteiger partial charge on any atom is 0.0557 e. The van der Waals surface area contributed by atoms with E-state index in [2.05, 4.69) is 133 Å². The average molecular weight is 464 g/mol. The Hall–Kier alpha value is -1.68. The van der Waals surface area contributed by atoms with Crippen LogP contribution in [0.4, 0.5) is 0 Å². The molecule has 3 aromatic rings. The molecule has 0 unspecified atom stereocenters. The molecule has 0 radical (unpaired) electrons. The van der Waals surface area contributed by atoms with Gasteiger partial charge in [0, 0.05) is 22.0 Å². The maximum atomic E-state index is 5.80. The molecule has 32 heavy (non-hydrogen) atoms.